The minimum absolute atomic E-state index is 0.607. The van der Waals surface area contributed by atoms with Crippen molar-refractivity contribution in [3.63, 3.8) is 0 Å². The number of hydrogen-bond acceptors (Lipinski definition) is 3. The molecule has 3 nitrogen and oxygen atoms in total. The minimum atomic E-state index is 0.607. The zero-order valence-corrected chi connectivity index (χ0v) is 17.6. The van der Waals surface area contributed by atoms with E-state index >= 15 is 0 Å². The Morgan fingerprint density at radius 3 is 1.97 bits per heavy atom. The molecule has 0 radical (unpaired) electrons. The number of hydrogen-bond donors (Lipinski definition) is 1. The fraction of sp³-hybridized carbons (Fsp3) is 0.462. The predicted octanol–water partition coefficient (Wildman–Crippen LogP) is 6.07. The van der Waals surface area contributed by atoms with Gasteiger partial charge in [0.1, 0.15) is 5.75 Å². The molecule has 1 heterocycles. The van der Waals surface area contributed by atoms with Crippen molar-refractivity contribution in [2.45, 2.75) is 57.0 Å². The second-order valence-corrected chi connectivity index (χ2v) is 8.47. The third kappa shape index (κ3) is 5.63. The molecule has 154 valence electrons. The molecule has 1 aliphatic heterocycles. The summed E-state index contributed by atoms with van der Waals surface area (Å²) in [4.78, 5) is 2.75. The largest absolute Gasteiger partial charge is 0.497 e. The average molecular weight is 391 g/mol. The van der Waals surface area contributed by atoms with Gasteiger partial charge in [-0.3, -0.25) is 0 Å². The van der Waals surface area contributed by atoms with Crippen LogP contribution in [0.25, 0.3) is 12.2 Å². The maximum absolute atomic E-state index is 5.21. The lowest BCUT2D eigenvalue weighted by Gasteiger charge is -2.39. The standard InChI is InChI=1S/C26H34N2O/c1-29-26-15-11-22(12-16-26)8-7-21-9-13-23(14-10-21)27-24-17-19-28(20-18-24)25-5-3-2-4-6-25/h7-16,24-25,27H,2-6,17-20H2,1H3/b8-7+. The Hall–Kier alpha value is -2.26. The average Bonchev–Trinajstić information content (AvgIpc) is 2.80. The lowest BCUT2D eigenvalue weighted by atomic mass is 9.92. The van der Waals surface area contributed by atoms with Crippen molar-refractivity contribution in [3.8, 4) is 5.75 Å². The highest BCUT2D eigenvalue weighted by Crippen LogP contribution is 2.26. The molecule has 0 aromatic heterocycles. The van der Waals surface area contributed by atoms with Gasteiger partial charge in [0, 0.05) is 30.9 Å². The molecule has 2 aliphatic rings. The molecular weight excluding hydrogens is 356 g/mol. The van der Waals surface area contributed by atoms with Crippen molar-refractivity contribution in [1.29, 1.82) is 0 Å². The quantitative estimate of drug-likeness (QED) is 0.605. The lowest BCUT2D eigenvalue weighted by Crippen LogP contribution is -2.45. The van der Waals surface area contributed by atoms with Gasteiger partial charge in [-0.2, -0.15) is 0 Å². The Bertz CT molecular complexity index is 767. The Balaban J connectivity index is 1.25. The minimum Gasteiger partial charge on any atom is -0.497 e. The normalized spacial score (nSPS) is 19.5. The number of methoxy groups -OCH3 is 1. The number of anilines is 1. The maximum atomic E-state index is 5.21. The van der Waals surface area contributed by atoms with Crippen molar-refractivity contribution >= 4 is 17.8 Å². The van der Waals surface area contributed by atoms with E-state index < -0.39 is 0 Å². The van der Waals surface area contributed by atoms with Crippen LogP contribution in [0.4, 0.5) is 5.69 Å². The van der Waals surface area contributed by atoms with E-state index in [0.717, 1.165) is 11.8 Å². The van der Waals surface area contributed by atoms with Crippen LogP contribution in [0.3, 0.4) is 0 Å². The van der Waals surface area contributed by atoms with E-state index in [0.29, 0.717) is 6.04 Å². The summed E-state index contributed by atoms with van der Waals surface area (Å²) in [6, 6.07) is 18.4. The highest BCUT2D eigenvalue weighted by Gasteiger charge is 2.25. The van der Waals surface area contributed by atoms with Crippen LogP contribution in [-0.4, -0.2) is 37.2 Å². The first kappa shape index (κ1) is 20.0. The molecule has 0 unspecified atom stereocenters. The first-order chi connectivity index (χ1) is 14.3. The molecule has 0 atom stereocenters. The van der Waals surface area contributed by atoms with Crippen molar-refractivity contribution in [2.75, 3.05) is 25.5 Å². The molecule has 3 heteroatoms. The molecule has 2 aromatic carbocycles. The Morgan fingerprint density at radius 2 is 1.38 bits per heavy atom. The maximum Gasteiger partial charge on any atom is 0.118 e. The van der Waals surface area contributed by atoms with Crippen molar-refractivity contribution in [2.24, 2.45) is 0 Å². The van der Waals surface area contributed by atoms with Gasteiger partial charge in [-0.15, -0.1) is 0 Å². The molecule has 0 spiro atoms. The first-order valence-corrected chi connectivity index (χ1v) is 11.2. The number of nitrogens with zero attached hydrogens (tertiary/aromatic N) is 1. The van der Waals surface area contributed by atoms with Gasteiger partial charge in [0.15, 0.2) is 0 Å². The van der Waals surface area contributed by atoms with Gasteiger partial charge in [0.05, 0.1) is 7.11 Å². The topological polar surface area (TPSA) is 24.5 Å². The third-order valence-corrected chi connectivity index (χ3v) is 6.49. The number of nitrogens with one attached hydrogen (secondary N) is 1. The van der Waals surface area contributed by atoms with Crippen LogP contribution in [-0.2, 0) is 0 Å². The fourth-order valence-corrected chi connectivity index (χ4v) is 4.69. The molecule has 0 amide bonds. The van der Waals surface area contributed by atoms with Gasteiger partial charge in [0.2, 0.25) is 0 Å². The van der Waals surface area contributed by atoms with E-state index in [9.17, 15) is 0 Å². The van der Waals surface area contributed by atoms with Crippen molar-refractivity contribution in [3.05, 3.63) is 59.7 Å². The van der Waals surface area contributed by atoms with E-state index in [2.05, 4.69) is 58.8 Å². The van der Waals surface area contributed by atoms with Gasteiger partial charge < -0.3 is 15.0 Å². The zero-order valence-electron chi connectivity index (χ0n) is 17.6. The Morgan fingerprint density at radius 1 is 0.793 bits per heavy atom. The summed E-state index contributed by atoms with van der Waals surface area (Å²) in [6.07, 6.45) is 14.0. The lowest BCUT2D eigenvalue weighted by molar-refractivity contribution is 0.126. The fourth-order valence-electron chi connectivity index (χ4n) is 4.69. The summed E-state index contributed by atoms with van der Waals surface area (Å²) in [5.41, 5.74) is 3.64. The van der Waals surface area contributed by atoms with Crippen molar-refractivity contribution in [1.82, 2.24) is 4.90 Å². The molecule has 1 saturated carbocycles. The molecule has 29 heavy (non-hydrogen) atoms. The number of rotatable bonds is 6. The summed E-state index contributed by atoms with van der Waals surface area (Å²) >= 11 is 0. The SMILES string of the molecule is COc1ccc(/C=C/c2ccc(NC3CCN(C4CCCCC4)CC3)cc2)cc1. The van der Waals surface area contributed by atoms with Gasteiger partial charge >= 0.3 is 0 Å². The summed E-state index contributed by atoms with van der Waals surface area (Å²) in [7, 11) is 1.69. The van der Waals surface area contributed by atoms with Crippen LogP contribution in [0.5, 0.6) is 5.75 Å². The van der Waals surface area contributed by atoms with E-state index in [-0.39, 0.29) is 0 Å². The van der Waals surface area contributed by atoms with Crippen LogP contribution in [0.2, 0.25) is 0 Å². The second-order valence-electron chi connectivity index (χ2n) is 8.47. The third-order valence-electron chi connectivity index (χ3n) is 6.49. The van der Waals surface area contributed by atoms with E-state index in [4.69, 9.17) is 4.74 Å². The molecule has 1 aliphatic carbocycles. The highest BCUT2D eigenvalue weighted by molar-refractivity contribution is 5.70. The molecular formula is C26H34N2O. The van der Waals surface area contributed by atoms with Gasteiger partial charge in [0.25, 0.3) is 0 Å². The number of benzene rings is 2. The number of likely N-dealkylation sites (tertiary alicyclic amines) is 1. The first-order valence-electron chi connectivity index (χ1n) is 11.2. The Labute approximate surface area is 175 Å². The molecule has 1 N–H and O–H groups in total. The highest BCUT2D eigenvalue weighted by atomic mass is 16.5. The summed E-state index contributed by atoms with van der Waals surface area (Å²) in [6.45, 7) is 2.51. The van der Waals surface area contributed by atoms with Crippen LogP contribution in [0.1, 0.15) is 56.1 Å². The molecule has 1 saturated heterocycles. The van der Waals surface area contributed by atoms with Crippen LogP contribution >= 0.6 is 0 Å². The second kappa shape index (κ2) is 9.98. The summed E-state index contributed by atoms with van der Waals surface area (Å²) in [5.74, 6) is 0.891. The van der Waals surface area contributed by atoms with E-state index in [1.807, 2.05) is 12.1 Å². The van der Waals surface area contributed by atoms with Gasteiger partial charge in [-0.05, 0) is 61.1 Å². The molecule has 0 bridgehead atoms. The Kier molecular flexibility index (Phi) is 6.89. The van der Waals surface area contributed by atoms with Gasteiger partial charge in [-0.25, -0.2) is 0 Å². The van der Waals surface area contributed by atoms with Crippen LogP contribution in [0, 0.1) is 0 Å². The van der Waals surface area contributed by atoms with Gasteiger partial charge in [-0.1, -0.05) is 55.7 Å². The number of ether oxygens (including phenoxy) is 1. The molecule has 2 fully saturated rings. The summed E-state index contributed by atoms with van der Waals surface area (Å²) in [5, 5.41) is 3.75. The van der Waals surface area contributed by atoms with E-state index in [1.54, 1.807) is 7.11 Å². The smallest absolute Gasteiger partial charge is 0.118 e. The van der Waals surface area contributed by atoms with Crippen LogP contribution in [0.15, 0.2) is 48.5 Å². The van der Waals surface area contributed by atoms with Crippen LogP contribution < -0.4 is 10.1 Å². The van der Waals surface area contributed by atoms with E-state index in [1.165, 1.54) is 74.8 Å². The summed E-state index contributed by atoms with van der Waals surface area (Å²) < 4.78 is 5.21. The van der Waals surface area contributed by atoms with Crippen molar-refractivity contribution < 1.29 is 4.74 Å². The monoisotopic (exact) mass is 390 g/mol. The molecule has 2 aromatic rings. The predicted molar refractivity (Wildman–Crippen MR) is 123 cm³/mol. The zero-order chi connectivity index (χ0) is 19.9. The number of piperidine rings is 1. The molecule has 4 rings (SSSR count).